The lowest BCUT2D eigenvalue weighted by Crippen LogP contribution is -2.07. The van der Waals surface area contributed by atoms with Crippen LogP contribution in [0.15, 0.2) is 36.4 Å². The van der Waals surface area contributed by atoms with Crippen LogP contribution in [0.5, 0.6) is 0 Å². The first-order valence-corrected chi connectivity index (χ1v) is 6.82. The molecule has 2 rings (SSSR count). The Morgan fingerprint density at radius 1 is 1.05 bits per heavy atom. The van der Waals surface area contributed by atoms with Crippen LogP contribution in [0.1, 0.15) is 15.9 Å². The lowest BCUT2D eigenvalue weighted by Gasteiger charge is -2.12. The summed E-state index contributed by atoms with van der Waals surface area (Å²) < 4.78 is 0. The molecule has 0 spiro atoms. The highest BCUT2D eigenvalue weighted by Crippen LogP contribution is 2.32. The molecule has 0 fully saturated rings. The first kappa shape index (κ1) is 15.0. The molecule has 0 atom stereocenters. The molecule has 0 aliphatic carbocycles. The van der Waals surface area contributed by atoms with E-state index in [-0.39, 0.29) is 12.1 Å². The van der Waals surface area contributed by atoms with Gasteiger partial charge in [-0.05, 0) is 24.3 Å². The molecular formula is C14H10Cl3NO2. The highest BCUT2D eigenvalue weighted by molar-refractivity contribution is 6.44. The largest absolute Gasteiger partial charge is 0.478 e. The Morgan fingerprint density at radius 2 is 1.70 bits per heavy atom. The highest BCUT2D eigenvalue weighted by Gasteiger charge is 2.12. The van der Waals surface area contributed by atoms with Crippen molar-refractivity contribution in [1.82, 2.24) is 0 Å². The number of carboxylic acids is 1. The first-order chi connectivity index (χ1) is 9.50. The molecule has 0 bridgehead atoms. The van der Waals surface area contributed by atoms with Crippen LogP contribution in [0.25, 0.3) is 0 Å². The number of benzene rings is 2. The van der Waals surface area contributed by atoms with Crippen molar-refractivity contribution in [1.29, 1.82) is 0 Å². The van der Waals surface area contributed by atoms with Crippen molar-refractivity contribution in [3.8, 4) is 0 Å². The maximum atomic E-state index is 11.1. The summed E-state index contributed by atoms with van der Waals surface area (Å²) in [7, 11) is 0. The zero-order valence-corrected chi connectivity index (χ0v) is 12.4. The normalized spacial score (nSPS) is 10.3. The van der Waals surface area contributed by atoms with Crippen LogP contribution < -0.4 is 5.32 Å². The molecule has 0 heterocycles. The van der Waals surface area contributed by atoms with E-state index in [1.807, 2.05) is 0 Å². The quantitative estimate of drug-likeness (QED) is 0.779. The second-order valence-electron chi connectivity index (χ2n) is 4.03. The van der Waals surface area contributed by atoms with Crippen molar-refractivity contribution in [2.24, 2.45) is 0 Å². The molecule has 0 saturated heterocycles. The van der Waals surface area contributed by atoms with E-state index < -0.39 is 5.97 Å². The third-order valence-corrected chi connectivity index (χ3v) is 3.95. The van der Waals surface area contributed by atoms with Crippen LogP contribution in [-0.4, -0.2) is 11.1 Å². The fraction of sp³-hybridized carbons (Fsp3) is 0.0714. The summed E-state index contributed by atoms with van der Waals surface area (Å²) in [6, 6.07) is 9.86. The van der Waals surface area contributed by atoms with E-state index in [0.717, 1.165) is 0 Å². The van der Waals surface area contributed by atoms with Crippen molar-refractivity contribution < 1.29 is 9.90 Å². The van der Waals surface area contributed by atoms with E-state index in [4.69, 9.17) is 39.9 Å². The third-order valence-electron chi connectivity index (χ3n) is 2.75. The number of carbonyl (C=O) groups is 1. The molecule has 0 saturated carbocycles. The zero-order valence-electron chi connectivity index (χ0n) is 10.2. The van der Waals surface area contributed by atoms with Gasteiger partial charge in [-0.2, -0.15) is 0 Å². The van der Waals surface area contributed by atoms with Crippen molar-refractivity contribution >= 4 is 46.5 Å². The molecule has 2 aromatic carbocycles. The van der Waals surface area contributed by atoms with Gasteiger partial charge in [0.2, 0.25) is 0 Å². The predicted molar refractivity (Wildman–Crippen MR) is 82.2 cm³/mol. The molecule has 0 aliphatic heterocycles. The summed E-state index contributed by atoms with van der Waals surface area (Å²) >= 11 is 18.1. The average molecular weight is 331 g/mol. The fourth-order valence-corrected chi connectivity index (χ4v) is 2.42. The van der Waals surface area contributed by atoms with Gasteiger partial charge in [0.05, 0.1) is 15.6 Å². The van der Waals surface area contributed by atoms with E-state index in [9.17, 15) is 4.79 Å². The molecule has 0 unspecified atom stereocenters. The van der Waals surface area contributed by atoms with Crippen LogP contribution in [0, 0.1) is 0 Å². The Bertz CT molecular complexity index is 659. The molecule has 0 amide bonds. The van der Waals surface area contributed by atoms with Crippen LogP contribution in [0.4, 0.5) is 5.69 Å². The van der Waals surface area contributed by atoms with E-state index in [1.54, 1.807) is 30.3 Å². The molecule has 0 aromatic heterocycles. The van der Waals surface area contributed by atoms with Gasteiger partial charge in [-0.3, -0.25) is 0 Å². The monoisotopic (exact) mass is 329 g/mol. The third kappa shape index (κ3) is 3.18. The summed E-state index contributed by atoms with van der Waals surface area (Å²) in [6.45, 7) is 0.280. The van der Waals surface area contributed by atoms with Gasteiger partial charge in [0.15, 0.2) is 0 Å². The number of para-hydroxylation sites is 1. The summed E-state index contributed by atoms with van der Waals surface area (Å²) in [4.78, 5) is 11.1. The number of aromatic carboxylic acids is 1. The van der Waals surface area contributed by atoms with Crippen LogP contribution in [-0.2, 0) is 6.54 Å². The molecule has 104 valence electrons. The number of hydrogen-bond donors (Lipinski definition) is 2. The molecule has 2 aromatic rings. The lowest BCUT2D eigenvalue weighted by molar-refractivity contribution is 0.0698. The summed E-state index contributed by atoms with van der Waals surface area (Å²) in [5.41, 5.74) is 1.30. The van der Waals surface area contributed by atoms with E-state index in [0.29, 0.717) is 26.3 Å². The summed E-state index contributed by atoms with van der Waals surface area (Å²) in [5.74, 6) is -1.00. The predicted octanol–water partition coefficient (Wildman–Crippen LogP) is 4.96. The Balaban J connectivity index is 2.26. The minimum atomic E-state index is -1.00. The van der Waals surface area contributed by atoms with E-state index >= 15 is 0 Å². The topological polar surface area (TPSA) is 49.3 Å². The molecule has 0 radical (unpaired) electrons. The number of rotatable bonds is 4. The van der Waals surface area contributed by atoms with Gasteiger partial charge in [0.25, 0.3) is 0 Å². The van der Waals surface area contributed by atoms with E-state index in [2.05, 4.69) is 5.32 Å². The Hall–Kier alpha value is -1.42. The van der Waals surface area contributed by atoms with Crippen molar-refractivity contribution in [2.75, 3.05) is 5.32 Å². The number of carboxylic acid groups (broad SMARTS) is 1. The smallest absolute Gasteiger partial charge is 0.337 e. The Labute approximate surface area is 131 Å². The van der Waals surface area contributed by atoms with Crippen molar-refractivity contribution in [3.05, 3.63) is 62.6 Å². The number of hydrogen-bond acceptors (Lipinski definition) is 2. The molecule has 20 heavy (non-hydrogen) atoms. The molecule has 3 nitrogen and oxygen atoms in total. The van der Waals surface area contributed by atoms with Gasteiger partial charge in [-0.15, -0.1) is 0 Å². The number of anilines is 1. The minimum Gasteiger partial charge on any atom is -0.478 e. The Kier molecular flexibility index (Phi) is 4.76. The maximum Gasteiger partial charge on any atom is 0.337 e. The van der Waals surface area contributed by atoms with Crippen molar-refractivity contribution in [3.63, 3.8) is 0 Å². The van der Waals surface area contributed by atoms with Crippen molar-refractivity contribution in [2.45, 2.75) is 6.54 Å². The number of nitrogens with one attached hydrogen (secondary N) is 1. The van der Waals surface area contributed by atoms with Gasteiger partial charge in [0.1, 0.15) is 0 Å². The van der Waals surface area contributed by atoms with Gasteiger partial charge >= 0.3 is 5.97 Å². The zero-order chi connectivity index (χ0) is 14.7. The van der Waals surface area contributed by atoms with E-state index in [1.165, 1.54) is 6.07 Å². The van der Waals surface area contributed by atoms with Gasteiger partial charge in [0, 0.05) is 22.8 Å². The Morgan fingerprint density at radius 3 is 2.40 bits per heavy atom. The molecular weight excluding hydrogens is 321 g/mol. The average Bonchev–Trinajstić information content (AvgIpc) is 2.43. The van der Waals surface area contributed by atoms with Gasteiger partial charge < -0.3 is 10.4 Å². The molecule has 6 heteroatoms. The maximum absolute atomic E-state index is 11.1. The second kappa shape index (κ2) is 6.35. The summed E-state index contributed by atoms with van der Waals surface area (Å²) in [5, 5.41) is 13.3. The van der Waals surface area contributed by atoms with Crippen LogP contribution in [0.2, 0.25) is 15.1 Å². The first-order valence-electron chi connectivity index (χ1n) is 5.69. The second-order valence-corrected chi connectivity index (χ2v) is 5.22. The van der Waals surface area contributed by atoms with Gasteiger partial charge in [-0.25, -0.2) is 4.79 Å². The lowest BCUT2D eigenvalue weighted by atomic mass is 10.1. The molecule has 0 aliphatic rings. The summed E-state index contributed by atoms with van der Waals surface area (Å²) in [6.07, 6.45) is 0. The van der Waals surface area contributed by atoms with Crippen LogP contribution in [0.3, 0.4) is 0 Å². The highest BCUT2D eigenvalue weighted by atomic mass is 35.5. The fourth-order valence-electron chi connectivity index (χ4n) is 1.74. The SMILES string of the molecule is O=C(O)c1ccccc1NCc1c(Cl)ccc(Cl)c1Cl. The standard InChI is InChI=1S/C14H10Cl3NO2/c15-10-5-6-11(16)13(17)9(10)7-18-12-4-2-1-3-8(12)14(19)20/h1-6,18H,7H2,(H,19,20). The van der Waals surface area contributed by atoms with Gasteiger partial charge in [-0.1, -0.05) is 46.9 Å². The molecule has 2 N–H and O–H groups in total. The number of halogens is 3. The van der Waals surface area contributed by atoms with Crippen LogP contribution >= 0.6 is 34.8 Å². The minimum absolute atomic E-state index is 0.182.